The first kappa shape index (κ1) is 13.1. The second kappa shape index (κ2) is 6.60. The minimum atomic E-state index is -0.285. The van der Waals surface area contributed by atoms with Gasteiger partial charge in [0.2, 0.25) is 0 Å². The van der Waals surface area contributed by atoms with Gasteiger partial charge in [-0.3, -0.25) is 4.79 Å². The van der Waals surface area contributed by atoms with Crippen molar-refractivity contribution in [3.63, 3.8) is 0 Å². The van der Waals surface area contributed by atoms with Crippen LogP contribution in [0.5, 0.6) is 0 Å². The molecule has 0 aliphatic rings. The van der Waals surface area contributed by atoms with E-state index < -0.39 is 0 Å². The van der Waals surface area contributed by atoms with Crippen molar-refractivity contribution >= 4 is 21.9 Å². The number of rotatable bonds is 5. The predicted molar refractivity (Wildman–Crippen MR) is 62.4 cm³/mol. The van der Waals surface area contributed by atoms with E-state index in [1.807, 2.05) is 6.07 Å². The van der Waals surface area contributed by atoms with Crippen LogP contribution in [0.4, 0.5) is 4.39 Å². The zero-order valence-corrected chi connectivity index (χ0v) is 10.5. The fourth-order valence-electron chi connectivity index (χ4n) is 1.20. The molecular formula is C11H13BrFNO2. The van der Waals surface area contributed by atoms with Crippen LogP contribution in [-0.4, -0.2) is 19.6 Å². The summed E-state index contributed by atoms with van der Waals surface area (Å²) in [6.07, 6.45) is 0.309. The summed E-state index contributed by atoms with van der Waals surface area (Å²) < 4.78 is 18.1. The maximum absolute atomic E-state index is 13.1. The Kier molecular flexibility index (Phi) is 5.42. The lowest BCUT2D eigenvalue weighted by Crippen LogP contribution is -2.18. The van der Waals surface area contributed by atoms with Crippen LogP contribution in [0.15, 0.2) is 22.7 Å². The van der Waals surface area contributed by atoms with Crippen LogP contribution in [0.3, 0.4) is 0 Å². The molecule has 3 nitrogen and oxygen atoms in total. The molecule has 0 aliphatic carbocycles. The van der Waals surface area contributed by atoms with Crippen LogP contribution in [0.2, 0.25) is 0 Å². The molecule has 0 amide bonds. The zero-order chi connectivity index (χ0) is 12.0. The number of ether oxygens (including phenoxy) is 1. The summed E-state index contributed by atoms with van der Waals surface area (Å²) in [6.45, 7) is 1.02. The lowest BCUT2D eigenvalue weighted by Gasteiger charge is -2.06. The van der Waals surface area contributed by atoms with Gasteiger partial charge in [-0.05, 0) is 27.6 Å². The van der Waals surface area contributed by atoms with Crippen LogP contribution in [-0.2, 0) is 16.1 Å². The fourth-order valence-corrected chi connectivity index (χ4v) is 1.61. The molecule has 88 valence electrons. The number of benzene rings is 1. The molecule has 0 saturated carbocycles. The van der Waals surface area contributed by atoms with Crippen LogP contribution >= 0.6 is 15.9 Å². The van der Waals surface area contributed by atoms with Gasteiger partial charge < -0.3 is 10.1 Å². The first-order chi connectivity index (χ1) is 7.65. The molecule has 1 rings (SSSR count). The highest BCUT2D eigenvalue weighted by Gasteiger charge is 2.05. The molecule has 0 aliphatic heterocycles. The van der Waals surface area contributed by atoms with Gasteiger partial charge in [0.05, 0.1) is 18.0 Å². The van der Waals surface area contributed by atoms with Crippen molar-refractivity contribution in [3.05, 3.63) is 34.1 Å². The van der Waals surface area contributed by atoms with Gasteiger partial charge in [-0.15, -0.1) is 0 Å². The Morgan fingerprint density at radius 2 is 2.31 bits per heavy atom. The number of methoxy groups -OCH3 is 1. The predicted octanol–water partition coefficient (Wildman–Crippen LogP) is 2.24. The third-order valence-corrected chi connectivity index (χ3v) is 2.97. The SMILES string of the molecule is COC(=O)CCNCc1cccc(F)c1Br. The van der Waals surface area contributed by atoms with Crippen molar-refractivity contribution in [1.82, 2.24) is 5.32 Å². The van der Waals surface area contributed by atoms with Crippen LogP contribution < -0.4 is 5.32 Å². The van der Waals surface area contributed by atoms with E-state index in [4.69, 9.17) is 0 Å². The van der Waals surface area contributed by atoms with E-state index in [9.17, 15) is 9.18 Å². The zero-order valence-electron chi connectivity index (χ0n) is 8.93. The Labute approximate surface area is 102 Å². The van der Waals surface area contributed by atoms with Gasteiger partial charge in [-0.2, -0.15) is 0 Å². The molecule has 0 fully saturated rings. The number of hydrogen-bond acceptors (Lipinski definition) is 3. The molecule has 0 bridgehead atoms. The second-order valence-electron chi connectivity index (χ2n) is 3.22. The summed E-state index contributed by atoms with van der Waals surface area (Å²) >= 11 is 3.17. The molecule has 0 atom stereocenters. The normalized spacial score (nSPS) is 10.2. The molecule has 0 spiro atoms. The third-order valence-electron chi connectivity index (χ3n) is 2.08. The number of hydrogen-bond donors (Lipinski definition) is 1. The summed E-state index contributed by atoms with van der Waals surface area (Å²) in [5.74, 6) is -0.543. The van der Waals surface area contributed by atoms with Crippen LogP contribution in [0.25, 0.3) is 0 Å². The monoisotopic (exact) mass is 289 g/mol. The molecular weight excluding hydrogens is 277 g/mol. The van der Waals surface area contributed by atoms with E-state index in [-0.39, 0.29) is 11.8 Å². The van der Waals surface area contributed by atoms with Crippen molar-refractivity contribution in [2.24, 2.45) is 0 Å². The molecule has 1 aromatic carbocycles. The van der Waals surface area contributed by atoms with E-state index in [1.54, 1.807) is 6.07 Å². The Balaban J connectivity index is 2.38. The number of carbonyl (C=O) groups is 1. The van der Waals surface area contributed by atoms with Crippen LogP contribution in [0, 0.1) is 5.82 Å². The first-order valence-electron chi connectivity index (χ1n) is 4.85. The quantitative estimate of drug-likeness (QED) is 0.667. The molecule has 1 aromatic rings. The highest BCUT2D eigenvalue weighted by Crippen LogP contribution is 2.19. The molecule has 0 heterocycles. The smallest absolute Gasteiger partial charge is 0.306 e. The van der Waals surface area contributed by atoms with Crippen molar-refractivity contribution < 1.29 is 13.9 Å². The number of carbonyl (C=O) groups excluding carboxylic acids is 1. The summed E-state index contributed by atoms with van der Waals surface area (Å²) in [5.41, 5.74) is 0.824. The maximum atomic E-state index is 13.1. The lowest BCUT2D eigenvalue weighted by atomic mass is 10.2. The average Bonchev–Trinajstić information content (AvgIpc) is 2.29. The summed E-state index contributed by atoms with van der Waals surface area (Å²) in [5, 5.41) is 3.04. The van der Waals surface area contributed by atoms with E-state index >= 15 is 0 Å². The van der Waals surface area contributed by atoms with Crippen LogP contribution in [0.1, 0.15) is 12.0 Å². The summed E-state index contributed by atoms with van der Waals surface area (Å²) in [4.78, 5) is 10.8. The highest BCUT2D eigenvalue weighted by atomic mass is 79.9. The summed E-state index contributed by atoms with van der Waals surface area (Å²) in [6, 6.07) is 4.86. The minimum absolute atomic E-state index is 0.259. The van der Waals surface area contributed by atoms with Crippen molar-refractivity contribution in [2.75, 3.05) is 13.7 Å². The molecule has 5 heteroatoms. The Bertz CT molecular complexity index is 371. The minimum Gasteiger partial charge on any atom is -0.469 e. The lowest BCUT2D eigenvalue weighted by molar-refractivity contribution is -0.140. The van der Waals surface area contributed by atoms with E-state index in [2.05, 4.69) is 26.0 Å². The van der Waals surface area contributed by atoms with E-state index in [1.165, 1.54) is 13.2 Å². The molecule has 1 N–H and O–H groups in total. The van der Waals surface area contributed by atoms with Gasteiger partial charge in [0, 0.05) is 13.1 Å². The van der Waals surface area contributed by atoms with Gasteiger partial charge in [0.1, 0.15) is 5.82 Å². The average molecular weight is 290 g/mol. The first-order valence-corrected chi connectivity index (χ1v) is 5.65. The molecule has 0 saturated heterocycles. The van der Waals surface area contributed by atoms with Gasteiger partial charge >= 0.3 is 5.97 Å². The largest absolute Gasteiger partial charge is 0.469 e. The molecule has 0 aromatic heterocycles. The van der Waals surface area contributed by atoms with Gasteiger partial charge in [-0.1, -0.05) is 12.1 Å². The Morgan fingerprint density at radius 1 is 1.56 bits per heavy atom. The van der Waals surface area contributed by atoms with Crippen molar-refractivity contribution in [1.29, 1.82) is 0 Å². The standard InChI is InChI=1S/C11H13BrFNO2/c1-16-10(15)5-6-14-7-8-3-2-4-9(13)11(8)12/h2-4,14H,5-7H2,1H3. The van der Waals surface area contributed by atoms with Gasteiger partial charge in [0.15, 0.2) is 0 Å². The van der Waals surface area contributed by atoms with Crippen molar-refractivity contribution in [3.8, 4) is 0 Å². The molecule has 0 radical (unpaired) electrons. The fraction of sp³-hybridized carbons (Fsp3) is 0.364. The maximum Gasteiger partial charge on any atom is 0.306 e. The summed E-state index contributed by atoms with van der Waals surface area (Å²) in [7, 11) is 1.35. The topological polar surface area (TPSA) is 38.3 Å². The number of esters is 1. The van der Waals surface area contributed by atoms with Gasteiger partial charge in [-0.25, -0.2) is 4.39 Å². The second-order valence-corrected chi connectivity index (χ2v) is 4.01. The van der Waals surface area contributed by atoms with Gasteiger partial charge in [0.25, 0.3) is 0 Å². The Morgan fingerprint density at radius 3 is 3.00 bits per heavy atom. The van der Waals surface area contributed by atoms with E-state index in [0.717, 1.165) is 5.56 Å². The third kappa shape index (κ3) is 3.90. The number of halogens is 2. The van der Waals surface area contributed by atoms with Crippen molar-refractivity contribution in [2.45, 2.75) is 13.0 Å². The molecule has 0 unspecified atom stereocenters. The Hall–Kier alpha value is -0.940. The highest BCUT2D eigenvalue weighted by molar-refractivity contribution is 9.10. The molecule has 16 heavy (non-hydrogen) atoms. The van der Waals surface area contributed by atoms with E-state index in [0.29, 0.717) is 24.0 Å². The number of nitrogens with one attached hydrogen (secondary N) is 1.